The summed E-state index contributed by atoms with van der Waals surface area (Å²) in [7, 11) is 1.69. The van der Waals surface area contributed by atoms with Gasteiger partial charge in [0.1, 0.15) is 11.8 Å². The molecule has 9 heteroatoms. The van der Waals surface area contributed by atoms with E-state index < -0.39 is 12.2 Å². The fourth-order valence-corrected chi connectivity index (χ4v) is 3.40. The maximum atomic E-state index is 12.9. The Kier molecular flexibility index (Phi) is 6.54. The lowest BCUT2D eigenvalue weighted by Gasteiger charge is -2.39. The van der Waals surface area contributed by atoms with E-state index >= 15 is 0 Å². The molecule has 1 aliphatic rings. The van der Waals surface area contributed by atoms with Gasteiger partial charge in [-0.15, -0.1) is 0 Å². The highest BCUT2D eigenvalue weighted by molar-refractivity contribution is 5.80. The Hall–Kier alpha value is -1.77. The highest BCUT2D eigenvalue weighted by Gasteiger charge is 2.41. The van der Waals surface area contributed by atoms with Crippen LogP contribution in [0, 0.1) is 13.8 Å². The zero-order chi connectivity index (χ0) is 19.5. The summed E-state index contributed by atoms with van der Waals surface area (Å²) in [6.45, 7) is 9.50. The van der Waals surface area contributed by atoms with Crippen molar-refractivity contribution in [2.45, 2.75) is 45.8 Å². The average molecular weight is 375 g/mol. The van der Waals surface area contributed by atoms with E-state index in [9.17, 15) is 13.2 Å². The molecule has 0 aromatic carbocycles. The second kappa shape index (κ2) is 8.28. The average Bonchev–Trinajstić information content (AvgIpc) is 2.93. The number of aromatic nitrogens is 1. The molecule has 1 fully saturated rings. The van der Waals surface area contributed by atoms with Gasteiger partial charge in [0.15, 0.2) is 5.96 Å². The maximum Gasteiger partial charge on any atom is 0.403 e. The standard InChI is InChI=1S/C17H28F3N5O/c1-11(15-12(2)23-26-13(15)3)10-22-16(21-5)25-8-6-24(7-9-25)14(4)17(18,19)20/h11,14H,6-10H2,1-5H3,(H,21,22). The van der Waals surface area contributed by atoms with E-state index in [2.05, 4.69) is 22.4 Å². The van der Waals surface area contributed by atoms with Crippen molar-refractivity contribution >= 4 is 5.96 Å². The Labute approximate surface area is 152 Å². The minimum atomic E-state index is -4.19. The van der Waals surface area contributed by atoms with E-state index in [1.54, 1.807) is 7.05 Å². The van der Waals surface area contributed by atoms with Crippen molar-refractivity contribution in [3.05, 3.63) is 17.0 Å². The van der Waals surface area contributed by atoms with Crippen LogP contribution in [-0.4, -0.2) is 72.9 Å². The molecule has 2 rings (SSSR count). The van der Waals surface area contributed by atoms with Crippen LogP contribution in [0.5, 0.6) is 0 Å². The van der Waals surface area contributed by atoms with Crippen molar-refractivity contribution in [2.75, 3.05) is 39.8 Å². The summed E-state index contributed by atoms with van der Waals surface area (Å²) in [5, 5.41) is 7.30. The SMILES string of the molecule is CN=C(NCC(C)c1c(C)noc1C)N1CCN(C(C)C(F)(F)F)CC1. The van der Waals surface area contributed by atoms with Crippen LogP contribution in [0.15, 0.2) is 9.52 Å². The molecule has 148 valence electrons. The number of aliphatic imine (C=N–C) groups is 1. The topological polar surface area (TPSA) is 56.9 Å². The predicted molar refractivity (Wildman–Crippen MR) is 94.4 cm³/mol. The fraction of sp³-hybridized carbons (Fsp3) is 0.765. The summed E-state index contributed by atoms with van der Waals surface area (Å²) in [5.41, 5.74) is 1.96. The third-order valence-corrected chi connectivity index (χ3v) is 4.99. The van der Waals surface area contributed by atoms with Gasteiger partial charge in [-0.3, -0.25) is 9.89 Å². The van der Waals surface area contributed by atoms with Gasteiger partial charge in [-0.05, 0) is 20.8 Å². The third kappa shape index (κ3) is 4.69. The second-order valence-electron chi connectivity index (χ2n) is 6.81. The van der Waals surface area contributed by atoms with Crippen LogP contribution in [0.1, 0.15) is 36.8 Å². The summed E-state index contributed by atoms with van der Waals surface area (Å²) in [6, 6.07) is -1.42. The number of hydrogen-bond donors (Lipinski definition) is 1. The molecule has 1 aromatic rings. The van der Waals surface area contributed by atoms with Gasteiger partial charge >= 0.3 is 6.18 Å². The first kappa shape index (κ1) is 20.5. The van der Waals surface area contributed by atoms with Crippen LogP contribution in [0.4, 0.5) is 13.2 Å². The highest BCUT2D eigenvalue weighted by atomic mass is 19.4. The number of aryl methyl sites for hydroxylation is 2. The molecule has 1 saturated heterocycles. The molecule has 1 N–H and O–H groups in total. The summed E-state index contributed by atoms with van der Waals surface area (Å²) >= 11 is 0. The molecule has 2 atom stereocenters. The monoisotopic (exact) mass is 375 g/mol. The Bertz CT molecular complexity index is 601. The first-order chi connectivity index (χ1) is 12.1. The lowest BCUT2D eigenvalue weighted by molar-refractivity contribution is -0.181. The molecular formula is C17H28F3N5O. The number of halogens is 3. The molecule has 2 heterocycles. The van der Waals surface area contributed by atoms with E-state index in [1.807, 2.05) is 18.7 Å². The van der Waals surface area contributed by atoms with E-state index in [0.717, 1.165) is 17.0 Å². The minimum absolute atomic E-state index is 0.185. The Morgan fingerprint density at radius 2 is 1.85 bits per heavy atom. The molecule has 0 spiro atoms. The Morgan fingerprint density at radius 1 is 1.23 bits per heavy atom. The summed E-state index contributed by atoms with van der Waals surface area (Å²) < 4.78 is 43.8. The van der Waals surface area contributed by atoms with E-state index in [1.165, 1.54) is 11.8 Å². The van der Waals surface area contributed by atoms with Crippen molar-refractivity contribution in [2.24, 2.45) is 4.99 Å². The van der Waals surface area contributed by atoms with Crippen LogP contribution in [0.25, 0.3) is 0 Å². The number of piperazine rings is 1. The van der Waals surface area contributed by atoms with E-state index in [4.69, 9.17) is 4.52 Å². The first-order valence-corrected chi connectivity index (χ1v) is 8.84. The van der Waals surface area contributed by atoms with E-state index in [0.29, 0.717) is 38.7 Å². The van der Waals surface area contributed by atoms with Crippen molar-refractivity contribution < 1.29 is 17.7 Å². The number of nitrogens with one attached hydrogen (secondary N) is 1. The van der Waals surface area contributed by atoms with Crippen LogP contribution in [0.2, 0.25) is 0 Å². The van der Waals surface area contributed by atoms with Gasteiger partial charge in [0.2, 0.25) is 0 Å². The largest absolute Gasteiger partial charge is 0.403 e. The molecule has 0 aliphatic carbocycles. The van der Waals surface area contributed by atoms with Gasteiger partial charge in [-0.2, -0.15) is 13.2 Å². The smallest absolute Gasteiger partial charge is 0.361 e. The Morgan fingerprint density at radius 3 is 2.31 bits per heavy atom. The van der Waals surface area contributed by atoms with Crippen LogP contribution < -0.4 is 5.32 Å². The van der Waals surface area contributed by atoms with Crippen molar-refractivity contribution in [1.82, 2.24) is 20.3 Å². The van der Waals surface area contributed by atoms with Crippen LogP contribution in [0.3, 0.4) is 0 Å². The van der Waals surface area contributed by atoms with Crippen LogP contribution in [-0.2, 0) is 0 Å². The normalized spacial score (nSPS) is 19.5. The zero-order valence-electron chi connectivity index (χ0n) is 16.0. The number of hydrogen-bond acceptors (Lipinski definition) is 4. The van der Waals surface area contributed by atoms with Crippen molar-refractivity contribution in [3.63, 3.8) is 0 Å². The first-order valence-electron chi connectivity index (χ1n) is 8.84. The molecule has 0 radical (unpaired) electrons. The number of rotatable bonds is 4. The van der Waals surface area contributed by atoms with Crippen molar-refractivity contribution in [3.8, 4) is 0 Å². The molecule has 0 bridgehead atoms. The van der Waals surface area contributed by atoms with Gasteiger partial charge in [-0.1, -0.05) is 12.1 Å². The van der Waals surface area contributed by atoms with Crippen molar-refractivity contribution in [1.29, 1.82) is 0 Å². The lowest BCUT2D eigenvalue weighted by atomic mass is 10.00. The van der Waals surface area contributed by atoms with Gasteiger partial charge in [0.05, 0.1) is 5.69 Å². The summed E-state index contributed by atoms with van der Waals surface area (Å²) in [6.07, 6.45) is -4.19. The van der Waals surface area contributed by atoms with Gasteiger partial charge in [-0.25, -0.2) is 0 Å². The lowest BCUT2D eigenvalue weighted by Crippen LogP contribution is -2.57. The van der Waals surface area contributed by atoms with Gasteiger partial charge in [0.25, 0.3) is 0 Å². The van der Waals surface area contributed by atoms with E-state index in [-0.39, 0.29) is 5.92 Å². The summed E-state index contributed by atoms with van der Waals surface area (Å²) in [4.78, 5) is 7.75. The second-order valence-corrected chi connectivity index (χ2v) is 6.81. The molecule has 6 nitrogen and oxygen atoms in total. The Balaban J connectivity index is 1.89. The summed E-state index contributed by atoms with van der Waals surface area (Å²) in [5.74, 6) is 1.70. The molecule has 0 amide bonds. The molecule has 1 aliphatic heterocycles. The number of alkyl halides is 3. The predicted octanol–water partition coefficient (Wildman–Crippen LogP) is 2.54. The minimum Gasteiger partial charge on any atom is -0.361 e. The molecule has 2 unspecified atom stereocenters. The highest BCUT2D eigenvalue weighted by Crippen LogP contribution is 2.25. The van der Waals surface area contributed by atoms with Gasteiger partial charge < -0.3 is 14.7 Å². The third-order valence-electron chi connectivity index (χ3n) is 4.99. The van der Waals surface area contributed by atoms with Gasteiger partial charge in [0, 0.05) is 51.3 Å². The van der Waals surface area contributed by atoms with Crippen LogP contribution >= 0.6 is 0 Å². The quantitative estimate of drug-likeness (QED) is 0.647. The number of guanidine groups is 1. The molecular weight excluding hydrogens is 347 g/mol. The molecule has 1 aromatic heterocycles. The molecule has 0 saturated carbocycles. The zero-order valence-corrected chi connectivity index (χ0v) is 16.0. The number of nitrogens with zero attached hydrogens (tertiary/aromatic N) is 4. The maximum absolute atomic E-state index is 12.9. The fourth-order valence-electron chi connectivity index (χ4n) is 3.40. The molecule has 26 heavy (non-hydrogen) atoms.